The molecule has 8 nitrogen and oxygen atoms in total. The lowest BCUT2D eigenvalue weighted by Crippen LogP contribution is -2.53. The van der Waals surface area contributed by atoms with Crippen LogP contribution in [0, 0.1) is 13.8 Å². The highest BCUT2D eigenvalue weighted by Gasteiger charge is 2.34. The molecule has 0 radical (unpaired) electrons. The molecule has 2 atom stereocenters. The van der Waals surface area contributed by atoms with Crippen molar-refractivity contribution in [2.24, 2.45) is 0 Å². The molecule has 1 N–H and O–H groups in total. The van der Waals surface area contributed by atoms with E-state index in [4.69, 9.17) is 16.3 Å². The Morgan fingerprint density at radius 1 is 0.929 bits per heavy atom. The van der Waals surface area contributed by atoms with Crippen molar-refractivity contribution >= 4 is 39.1 Å². The molecule has 0 aliphatic rings. The first kappa shape index (κ1) is 32.9. The number of benzene rings is 3. The lowest BCUT2D eigenvalue weighted by atomic mass is 10.1. The summed E-state index contributed by atoms with van der Waals surface area (Å²) >= 11 is 6.03. The molecular weight excluding hydrogens is 574 g/mol. The number of hydrogen-bond acceptors (Lipinski definition) is 5. The number of carbonyl (C=O) groups excluding carboxylic acids is 2. The van der Waals surface area contributed by atoms with E-state index in [2.05, 4.69) is 5.32 Å². The average molecular weight is 614 g/mol. The van der Waals surface area contributed by atoms with Crippen molar-refractivity contribution in [2.45, 2.75) is 71.0 Å². The van der Waals surface area contributed by atoms with E-state index in [9.17, 15) is 18.0 Å². The zero-order valence-electron chi connectivity index (χ0n) is 25.1. The Hall–Kier alpha value is -3.56. The second-order valence-electron chi connectivity index (χ2n) is 10.3. The molecule has 0 saturated carbocycles. The van der Waals surface area contributed by atoms with Crippen molar-refractivity contribution in [1.82, 2.24) is 10.2 Å². The van der Waals surface area contributed by atoms with Crippen LogP contribution in [-0.4, -0.2) is 50.9 Å². The Kier molecular flexibility index (Phi) is 11.4. The fourth-order valence-electron chi connectivity index (χ4n) is 4.43. The van der Waals surface area contributed by atoms with E-state index in [0.29, 0.717) is 22.9 Å². The number of sulfonamides is 1. The van der Waals surface area contributed by atoms with Gasteiger partial charge in [-0.3, -0.25) is 13.9 Å². The van der Waals surface area contributed by atoms with E-state index in [1.165, 1.54) is 29.2 Å². The molecule has 0 fully saturated rings. The number of anilines is 1. The van der Waals surface area contributed by atoms with Crippen molar-refractivity contribution < 1.29 is 22.7 Å². The Morgan fingerprint density at radius 2 is 1.57 bits per heavy atom. The maximum Gasteiger partial charge on any atom is 0.264 e. The molecular formula is C32H40ClN3O5S. The first-order valence-electron chi connectivity index (χ1n) is 14.0. The van der Waals surface area contributed by atoms with Crippen LogP contribution in [0.5, 0.6) is 5.75 Å². The van der Waals surface area contributed by atoms with Crippen LogP contribution < -0.4 is 14.4 Å². The van der Waals surface area contributed by atoms with Crippen LogP contribution in [0.25, 0.3) is 0 Å². The van der Waals surface area contributed by atoms with Gasteiger partial charge in [0.2, 0.25) is 11.8 Å². The number of hydrogen-bond donors (Lipinski definition) is 1. The summed E-state index contributed by atoms with van der Waals surface area (Å²) in [7, 11) is -2.61. The van der Waals surface area contributed by atoms with Gasteiger partial charge in [0.15, 0.2) is 0 Å². The highest BCUT2D eigenvalue weighted by Crippen LogP contribution is 2.27. The molecule has 0 bridgehead atoms. The van der Waals surface area contributed by atoms with Crippen molar-refractivity contribution in [3.05, 3.63) is 88.4 Å². The van der Waals surface area contributed by atoms with E-state index < -0.39 is 28.5 Å². The number of aryl methyl sites for hydroxylation is 2. The van der Waals surface area contributed by atoms with Crippen LogP contribution in [-0.2, 0) is 26.2 Å². The van der Waals surface area contributed by atoms with Gasteiger partial charge in [-0.05, 0) is 98.8 Å². The van der Waals surface area contributed by atoms with Crippen LogP contribution in [0.3, 0.4) is 0 Å². The van der Waals surface area contributed by atoms with E-state index in [0.717, 1.165) is 27.4 Å². The smallest absolute Gasteiger partial charge is 0.264 e. The number of halogens is 1. The number of amides is 2. The molecule has 3 rings (SSSR count). The lowest BCUT2D eigenvalue weighted by Gasteiger charge is -2.34. The molecule has 0 spiro atoms. The van der Waals surface area contributed by atoms with Gasteiger partial charge in [-0.25, -0.2) is 8.42 Å². The summed E-state index contributed by atoms with van der Waals surface area (Å²) in [6.07, 6.45) is 1.08. The zero-order valence-corrected chi connectivity index (χ0v) is 26.6. The maximum absolute atomic E-state index is 14.2. The first-order valence-corrected chi connectivity index (χ1v) is 15.8. The molecule has 10 heteroatoms. The van der Waals surface area contributed by atoms with Crippen LogP contribution in [0.4, 0.5) is 5.69 Å². The topological polar surface area (TPSA) is 96.0 Å². The predicted octanol–water partition coefficient (Wildman–Crippen LogP) is 5.88. The van der Waals surface area contributed by atoms with Gasteiger partial charge in [0.05, 0.1) is 17.7 Å². The SMILES string of the molecule is CCC(C)NC(=O)C(CC)N(Cc1ccc(OC)cc1)C(=O)CN(c1ccc(C)c(C)c1)S(=O)(=O)c1ccc(Cl)cc1. The highest BCUT2D eigenvalue weighted by atomic mass is 35.5. The molecule has 42 heavy (non-hydrogen) atoms. The second kappa shape index (κ2) is 14.6. The summed E-state index contributed by atoms with van der Waals surface area (Å²) in [5, 5.41) is 3.38. The number of methoxy groups -OCH3 is 1. The second-order valence-corrected chi connectivity index (χ2v) is 12.6. The Balaban J connectivity index is 2.08. The molecule has 0 saturated heterocycles. The Bertz CT molecular complexity index is 1480. The molecule has 0 heterocycles. The number of rotatable bonds is 13. The molecule has 226 valence electrons. The maximum atomic E-state index is 14.2. The van der Waals surface area contributed by atoms with Gasteiger partial charge in [0.25, 0.3) is 10.0 Å². The van der Waals surface area contributed by atoms with Crippen LogP contribution in [0.1, 0.15) is 50.3 Å². The summed E-state index contributed by atoms with van der Waals surface area (Å²) in [6.45, 7) is 9.13. The van der Waals surface area contributed by atoms with Gasteiger partial charge in [0.1, 0.15) is 18.3 Å². The zero-order chi connectivity index (χ0) is 31.0. The van der Waals surface area contributed by atoms with Gasteiger partial charge in [0, 0.05) is 17.6 Å². The average Bonchev–Trinajstić information content (AvgIpc) is 2.97. The van der Waals surface area contributed by atoms with Crippen molar-refractivity contribution in [3.8, 4) is 5.75 Å². The largest absolute Gasteiger partial charge is 0.497 e. The third kappa shape index (κ3) is 8.04. The van der Waals surface area contributed by atoms with Crippen LogP contribution in [0.15, 0.2) is 71.6 Å². The minimum Gasteiger partial charge on any atom is -0.497 e. The quantitative estimate of drug-likeness (QED) is 0.260. The van der Waals surface area contributed by atoms with E-state index in [1.807, 2.05) is 52.8 Å². The van der Waals surface area contributed by atoms with Gasteiger partial charge < -0.3 is 15.0 Å². The molecule has 0 aliphatic heterocycles. The van der Waals surface area contributed by atoms with Crippen LogP contribution >= 0.6 is 11.6 Å². The van der Waals surface area contributed by atoms with E-state index in [-0.39, 0.29) is 23.4 Å². The monoisotopic (exact) mass is 613 g/mol. The van der Waals surface area contributed by atoms with Crippen molar-refractivity contribution in [3.63, 3.8) is 0 Å². The molecule has 2 unspecified atom stereocenters. The van der Waals surface area contributed by atoms with E-state index >= 15 is 0 Å². The van der Waals surface area contributed by atoms with Crippen molar-refractivity contribution in [2.75, 3.05) is 18.0 Å². The van der Waals surface area contributed by atoms with E-state index in [1.54, 1.807) is 31.4 Å². The fraction of sp³-hybridized carbons (Fsp3) is 0.375. The summed E-state index contributed by atoms with van der Waals surface area (Å²) in [5.41, 5.74) is 2.99. The highest BCUT2D eigenvalue weighted by molar-refractivity contribution is 7.92. The number of ether oxygens (including phenoxy) is 1. The molecule has 3 aromatic rings. The van der Waals surface area contributed by atoms with Gasteiger partial charge in [-0.15, -0.1) is 0 Å². The molecule has 2 amide bonds. The molecule has 0 aliphatic carbocycles. The molecule has 3 aromatic carbocycles. The number of carbonyl (C=O) groups is 2. The Morgan fingerprint density at radius 3 is 2.12 bits per heavy atom. The first-order chi connectivity index (χ1) is 19.9. The fourth-order valence-corrected chi connectivity index (χ4v) is 5.96. The van der Waals surface area contributed by atoms with Gasteiger partial charge in [-0.1, -0.05) is 43.6 Å². The summed E-state index contributed by atoms with van der Waals surface area (Å²) in [4.78, 5) is 29.1. The van der Waals surface area contributed by atoms with Gasteiger partial charge >= 0.3 is 0 Å². The minimum atomic E-state index is -4.18. The third-order valence-corrected chi connectivity index (χ3v) is 9.40. The predicted molar refractivity (Wildman–Crippen MR) is 167 cm³/mol. The van der Waals surface area contributed by atoms with Crippen LogP contribution in [0.2, 0.25) is 5.02 Å². The van der Waals surface area contributed by atoms with Crippen molar-refractivity contribution in [1.29, 1.82) is 0 Å². The lowest BCUT2D eigenvalue weighted by molar-refractivity contribution is -0.140. The normalized spacial score (nSPS) is 12.7. The summed E-state index contributed by atoms with van der Waals surface area (Å²) in [6, 6.07) is 17.4. The number of nitrogens with one attached hydrogen (secondary N) is 1. The standard InChI is InChI=1S/C32H40ClN3O5S/c1-7-24(5)34-32(38)30(8-2)35(20-25-10-15-28(41-6)16-11-25)31(37)21-36(27-14-9-22(3)23(4)19-27)42(39,40)29-17-12-26(33)13-18-29/h9-19,24,30H,7-8,20-21H2,1-6H3,(H,34,38). The Labute approximate surface area is 254 Å². The molecule has 0 aromatic heterocycles. The number of nitrogens with zero attached hydrogens (tertiary/aromatic N) is 2. The minimum absolute atomic E-state index is 0.00110. The summed E-state index contributed by atoms with van der Waals surface area (Å²) in [5.74, 6) is -0.132. The third-order valence-electron chi connectivity index (χ3n) is 7.36. The summed E-state index contributed by atoms with van der Waals surface area (Å²) < 4.78 is 34.4. The van der Waals surface area contributed by atoms with Gasteiger partial charge in [-0.2, -0.15) is 0 Å².